The highest BCUT2D eigenvalue weighted by molar-refractivity contribution is 6.33. The summed E-state index contributed by atoms with van der Waals surface area (Å²) >= 11 is 7.12. The Balaban J connectivity index is 1.46. The van der Waals surface area contributed by atoms with Crippen LogP contribution in [-0.2, 0) is 19.3 Å². The standard InChI is InChI=1S/C36H34ClNO4/c1-22-7-11-25(12-8-22)35(39)41-32-20-30-29(33(37)34(32)42-36(40)26-13-9-23(2)10-14-26)17-18-38(3)21-31(30)28-16-15-24-5-4-6-27(24)19-28/h7-16,19-20,31H,4-6,17-18,21H2,1-3H3. The van der Waals surface area contributed by atoms with Crippen molar-refractivity contribution >= 4 is 23.5 Å². The first-order valence-electron chi connectivity index (χ1n) is 14.5. The molecule has 0 saturated carbocycles. The van der Waals surface area contributed by atoms with E-state index in [-0.39, 0.29) is 17.4 Å². The van der Waals surface area contributed by atoms with Crippen molar-refractivity contribution in [2.75, 3.05) is 20.1 Å². The van der Waals surface area contributed by atoms with Gasteiger partial charge in [-0.3, -0.25) is 0 Å². The number of ether oxygens (including phenoxy) is 2. The first-order chi connectivity index (χ1) is 20.3. The maximum Gasteiger partial charge on any atom is 0.343 e. The lowest BCUT2D eigenvalue weighted by atomic mass is 9.86. The summed E-state index contributed by atoms with van der Waals surface area (Å²) in [7, 11) is 2.11. The molecular weight excluding hydrogens is 546 g/mol. The Kier molecular flexibility index (Phi) is 7.89. The molecule has 42 heavy (non-hydrogen) atoms. The minimum absolute atomic E-state index is 0.00887. The minimum atomic E-state index is -0.564. The molecule has 5 nitrogen and oxygen atoms in total. The monoisotopic (exact) mass is 579 g/mol. The van der Waals surface area contributed by atoms with E-state index in [1.54, 1.807) is 24.3 Å². The zero-order valence-corrected chi connectivity index (χ0v) is 25.0. The summed E-state index contributed by atoms with van der Waals surface area (Å²) in [6.45, 7) is 5.49. The zero-order chi connectivity index (χ0) is 29.4. The van der Waals surface area contributed by atoms with Gasteiger partial charge in [-0.05, 0) is 105 Å². The van der Waals surface area contributed by atoms with Crippen LogP contribution in [-0.4, -0.2) is 37.0 Å². The van der Waals surface area contributed by atoms with Crippen LogP contribution in [0.4, 0.5) is 0 Å². The summed E-state index contributed by atoms with van der Waals surface area (Å²) in [6.07, 6.45) is 4.07. The average molecular weight is 580 g/mol. The second-order valence-corrected chi connectivity index (χ2v) is 11.9. The van der Waals surface area contributed by atoms with Crippen molar-refractivity contribution in [2.45, 2.75) is 45.4 Å². The number of fused-ring (bicyclic) bond motifs is 2. The van der Waals surface area contributed by atoms with Crippen molar-refractivity contribution in [2.24, 2.45) is 0 Å². The maximum absolute atomic E-state index is 13.3. The number of carbonyl (C=O) groups excluding carboxylic acids is 2. The molecule has 2 aliphatic rings. The number of likely N-dealkylation sites (N-methyl/N-ethyl adjacent to an activating group) is 1. The van der Waals surface area contributed by atoms with Crippen molar-refractivity contribution in [1.29, 1.82) is 0 Å². The molecule has 214 valence electrons. The van der Waals surface area contributed by atoms with Gasteiger partial charge in [0.25, 0.3) is 0 Å². The molecule has 1 atom stereocenters. The minimum Gasteiger partial charge on any atom is -0.419 e. The largest absolute Gasteiger partial charge is 0.419 e. The summed E-state index contributed by atoms with van der Waals surface area (Å²) in [4.78, 5) is 28.9. The second-order valence-electron chi connectivity index (χ2n) is 11.5. The van der Waals surface area contributed by atoms with Crippen LogP contribution in [0.25, 0.3) is 0 Å². The molecule has 4 aromatic rings. The number of rotatable bonds is 5. The predicted molar refractivity (Wildman–Crippen MR) is 165 cm³/mol. The van der Waals surface area contributed by atoms with E-state index in [0.29, 0.717) is 22.6 Å². The van der Waals surface area contributed by atoms with E-state index in [4.69, 9.17) is 21.1 Å². The molecule has 4 aromatic carbocycles. The van der Waals surface area contributed by atoms with E-state index < -0.39 is 11.9 Å². The summed E-state index contributed by atoms with van der Waals surface area (Å²) in [6, 6.07) is 23.0. The zero-order valence-electron chi connectivity index (χ0n) is 24.2. The van der Waals surface area contributed by atoms with Gasteiger partial charge in [0.2, 0.25) is 0 Å². The first-order valence-corrected chi connectivity index (χ1v) is 14.9. The third kappa shape index (κ3) is 5.72. The van der Waals surface area contributed by atoms with E-state index in [2.05, 4.69) is 30.1 Å². The van der Waals surface area contributed by atoms with Gasteiger partial charge in [0.05, 0.1) is 16.1 Å². The molecule has 0 aromatic heterocycles. The molecule has 1 heterocycles. The Hall–Kier alpha value is -3.93. The third-order valence-corrected chi connectivity index (χ3v) is 8.83. The summed E-state index contributed by atoms with van der Waals surface area (Å²) in [5, 5.41) is 0.307. The predicted octanol–water partition coefficient (Wildman–Crippen LogP) is 7.50. The molecule has 0 amide bonds. The number of halogens is 1. The number of nitrogens with zero attached hydrogens (tertiary/aromatic N) is 1. The van der Waals surface area contributed by atoms with Crippen LogP contribution >= 0.6 is 11.6 Å². The van der Waals surface area contributed by atoms with Gasteiger partial charge in [-0.2, -0.15) is 0 Å². The lowest BCUT2D eigenvalue weighted by Gasteiger charge is -2.24. The Morgan fingerprint density at radius 3 is 2.07 bits per heavy atom. The van der Waals surface area contributed by atoms with Crippen LogP contribution in [0.3, 0.4) is 0 Å². The molecule has 0 saturated heterocycles. The van der Waals surface area contributed by atoms with Gasteiger partial charge in [-0.1, -0.05) is 65.2 Å². The smallest absolute Gasteiger partial charge is 0.343 e. The molecule has 6 rings (SSSR count). The van der Waals surface area contributed by atoms with Crippen molar-refractivity contribution in [3.63, 3.8) is 0 Å². The Labute approximate surface area is 252 Å². The summed E-state index contributed by atoms with van der Waals surface area (Å²) in [5.74, 6) is -0.891. The topological polar surface area (TPSA) is 55.8 Å². The quantitative estimate of drug-likeness (QED) is 0.181. The molecule has 0 radical (unpaired) electrons. The van der Waals surface area contributed by atoms with Gasteiger partial charge in [0.15, 0.2) is 11.5 Å². The highest BCUT2D eigenvalue weighted by Gasteiger charge is 2.31. The van der Waals surface area contributed by atoms with Crippen molar-refractivity contribution in [1.82, 2.24) is 4.90 Å². The van der Waals surface area contributed by atoms with Crippen LogP contribution in [0.2, 0.25) is 5.02 Å². The van der Waals surface area contributed by atoms with E-state index in [0.717, 1.165) is 48.2 Å². The van der Waals surface area contributed by atoms with Crippen molar-refractivity contribution in [3.8, 4) is 11.5 Å². The van der Waals surface area contributed by atoms with Crippen LogP contribution in [0.1, 0.15) is 72.0 Å². The van der Waals surface area contributed by atoms with Gasteiger partial charge < -0.3 is 14.4 Å². The van der Waals surface area contributed by atoms with Crippen LogP contribution < -0.4 is 9.47 Å². The summed E-state index contributed by atoms with van der Waals surface area (Å²) < 4.78 is 11.9. The molecular formula is C36H34ClNO4. The van der Waals surface area contributed by atoms with E-state index in [1.165, 1.54) is 23.1 Å². The molecule has 1 unspecified atom stereocenters. The first kappa shape index (κ1) is 28.2. The van der Waals surface area contributed by atoms with Gasteiger partial charge in [-0.25, -0.2) is 9.59 Å². The fourth-order valence-electron chi connectivity index (χ4n) is 5.99. The molecule has 6 heteroatoms. The lowest BCUT2D eigenvalue weighted by molar-refractivity contribution is 0.0682. The maximum atomic E-state index is 13.3. The number of hydrogen-bond donors (Lipinski definition) is 0. The van der Waals surface area contributed by atoms with Crippen LogP contribution in [0.15, 0.2) is 72.8 Å². The lowest BCUT2D eigenvalue weighted by Crippen LogP contribution is -2.24. The number of carbonyl (C=O) groups is 2. The van der Waals surface area contributed by atoms with Crippen LogP contribution in [0.5, 0.6) is 11.5 Å². The number of esters is 2. The van der Waals surface area contributed by atoms with E-state index in [1.807, 2.05) is 44.2 Å². The summed E-state index contributed by atoms with van der Waals surface area (Å²) in [5.41, 5.74) is 8.79. The van der Waals surface area contributed by atoms with Gasteiger partial charge in [0.1, 0.15) is 0 Å². The van der Waals surface area contributed by atoms with Gasteiger partial charge in [0, 0.05) is 19.0 Å². The molecule has 1 aliphatic heterocycles. The normalized spacial score (nSPS) is 16.3. The average Bonchev–Trinajstić information content (AvgIpc) is 3.39. The molecule has 1 aliphatic carbocycles. The van der Waals surface area contributed by atoms with Gasteiger partial charge in [-0.15, -0.1) is 0 Å². The Morgan fingerprint density at radius 2 is 1.40 bits per heavy atom. The Bertz CT molecular complexity index is 1660. The molecule has 0 fully saturated rings. The van der Waals surface area contributed by atoms with E-state index in [9.17, 15) is 9.59 Å². The second kappa shape index (κ2) is 11.7. The van der Waals surface area contributed by atoms with Crippen molar-refractivity contribution < 1.29 is 19.1 Å². The fourth-order valence-corrected chi connectivity index (χ4v) is 6.32. The number of benzene rings is 4. The highest BCUT2D eigenvalue weighted by atomic mass is 35.5. The van der Waals surface area contributed by atoms with Crippen LogP contribution in [0, 0.1) is 13.8 Å². The molecule has 0 spiro atoms. The van der Waals surface area contributed by atoms with Gasteiger partial charge >= 0.3 is 11.9 Å². The van der Waals surface area contributed by atoms with Crippen molar-refractivity contribution in [3.05, 3.63) is 128 Å². The third-order valence-electron chi connectivity index (χ3n) is 8.43. The highest BCUT2D eigenvalue weighted by Crippen LogP contribution is 2.46. The number of hydrogen-bond acceptors (Lipinski definition) is 5. The fraction of sp³-hybridized carbons (Fsp3) is 0.278. The molecule has 0 bridgehead atoms. The van der Waals surface area contributed by atoms with E-state index >= 15 is 0 Å². The SMILES string of the molecule is Cc1ccc(C(=O)Oc2cc3c(c(Cl)c2OC(=O)c2ccc(C)cc2)CCN(C)CC3c2ccc3c(c2)CCC3)cc1. The molecule has 0 N–H and O–H groups in total. The Morgan fingerprint density at radius 1 is 0.786 bits per heavy atom. The number of aryl methyl sites for hydroxylation is 4.